The number of hydrogen-bond acceptors (Lipinski definition) is 4. The number of thioether (sulfide) groups is 1. The highest BCUT2D eigenvalue weighted by atomic mass is 32.2. The van der Waals surface area contributed by atoms with Crippen LogP contribution in [0.3, 0.4) is 0 Å². The second-order valence-electron chi connectivity index (χ2n) is 5.58. The molecule has 0 amide bonds. The molecule has 2 aliphatic rings. The zero-order chi connectivity index (χ0) is 15.2. The van der Waals surface area contributed by atoms with Gasteiger partial charge in [0.15, 0.2) is 5.75 Å². The first-order valence-corrected chi connectivity index (χ1v) is 10.1. The summed E-state index contributed by atoms with van der Waals surface area (Å²) in [5.74, 6) is 2.51. The molecule has 0 spiro atoms. The third kappa shape index (κ3) is 2.76. The lowest BCUT2D eigenvalue weighted by atomic mass is 10.2. The molecule has 0 bridgehead atoms. The minimum Gasteiger partial charge on any atom is -0.455 e. The van der Waals surface area contributed by atoms with E-state index in [-0.39, 0.29) is 0 Å². The Morgan fingerprint density at radius 1 is 1.27 bits per heavy atom. The van der Waals surface area contributed by atoms with Crippen molar-refractivity contribution in [2.45, 2.75) is 11.8 Å². The second kappa shape index (κ2) is 5.34. The number of para-hydroxylation sites is 2. The Morgan fingerprint density at radius 3 is 2.91 bits per heavy atom. The Balaban J connectivity index is 1.66. The van der Waals surface area contributed by atoms with Gasteiger partial charge in [0, 0.05) is 34.6 Å². The first-order valence-electron chi connectivity index (χ1n) is 7.19. The van der Waals surface area contributed by atoms with Crippen LogP contribution in [-0.4, -0.2) is 22.1 Å². The van der Waals surface area contributed by atoms with Crippen LogP contribution in [0, 0.1) is 0 Å². The molecule has 6 heteroatoms. The van der Waals surface area contributed by atoms with Gasteiger partial charge >= 0.3 is 0 Å². The van der Waals surface area contributed by atoms with Crippen LogP contribution in [0.5, 0.6) is 11.5 Å². The summed E-state index contributed by atoms with van der Waals surface area (Å²) < 4.78 is 18.5. The van der Waals surface area contributed by atoms with Crippen molar-refractivity contribution in [3.05, 3.63) is 48.0 Å². The molecule has 0 aliphatic carbocycles. The fourth-order valence-corrected chi connectivity index (χ4v) is 5.60. The van der Waals surface area contributed by atoms with Crippen molar-refractivity contribution < 1.29 is 14.2 Å². The van der Waals surface area contributed by atoms with E-state index in [2.05, 4.69) is 5.32 Å². The van der Waals surface area contributed by atoms with E-state index in [1.807, 2.05) is 30.3 Å². The highest BCUT2D eigenvalue weighted by Crippen LogP contribution is 2.48. The normalized spacial score (nSPS) is 21.4. The minimum atomic E-state index is -3.28. The Hall–Kier alpha value is -1.42. The quantitative estimate of drug-likeness (QED) is 0.666. The monoisotopic (exact) mass is 333 g/mol. The van der Waals surface area contributed by atoms with Gasteiger partial charge in [-0.05, 0) is 30.3 Å². The fourth-order valence-electron chi connectivity index (χ4n) is 2.59. The van der Waals surface area contributed by atoms with Crippen molar-refractivity contribution >= 4 is 30.1 Å². The number of anilines is 1. The van der Waals surface area contributed by atoms with E-state index in [1.165, 1.54) is 0 Å². The summed E-state index contributed by atoms with van der Waals surface area (Å²) in [6.45, 7) is 0.582. The molecule has 4 rings (SSSR count). The van der Waals surface area contributed by atoms with Gasteiger partial charge < -0.3 is 14.9 Å². The predicted octanol–water partition coefficient (Wildman–Crippen LogP) is 3.42. The Morgan fingerprint density at radius 2 is 2.09 bits per heavy atom. The fraction of sp³-hybridized carbons (Fsp3) is 0.250. The van der Waals surface area contributed by atoms with Crippen LogP contribution < -0.4 is 15.4 Å². The maximum absolute atomic E-state index is 12.5. The van der Waals surface area contributed by atoms with Gasteiger partial charge in [-0.25, -0.2) is 0 Å². The number of rotatable bonds is 3. The summed E-state index contributed by atoms with van der Waals surface area (Å²) in [6.07, 6.45) is 0.366. The molecule has 0 saturated carbocycles. The number of benzene rings is 2. The Kier molecular flexibility index (Phi) is 3.44. The van der Waals surface area contributed by atoms with Gasteiger partial charge in [-0.3, -0.25) is 4.57 Å². The van der Waals surface area contributed by atoms with E-state index in [9.17, 15) is 9.46 Å². The summed E-state index contributed by atoms with van der Waals surface area (Å²) >= 11 is 1.74. The van der Waals surface area contributed by atoms with Crippen LogP contribution in [0.15, 0.2) is 42.5 Å². The summed E-state index contributed by atoms with van der Waals surface area (Å²) in [5, 5.41) is 4.18. The lowest BCUT2D eigenvalue weighted by molar-refractivity contribution is 0.483. The molecule has 4 nitrogen and oxygen atoms in total. The van der Waals surface area contributed by atoms with Gasteiger partial charge in [0.2, 0.25) is 7.37 Å². The van der Waals surface area contributed by atoms with E-state index < -0.39 is 7.37 Å². The zero-order valence-electron chi connectivity index (χ0n) is 11.9. The first kappa shape index (κ1) is 14.2. The van der Waals surface area contributed by atoms with Crippen molar-refractivity contribution in [3.63, 3.8) is 0 Å². The summed E-state index contributed by atoms with van der Waals surface area (Å²) in [5.41, 5.74) is 1.84. The molecule has 0 radical (unpaired) electrons. The van der Waals surface area contributed by atoms with E-state index in [1.54, 1.807) is 23.9 Å². The van der Waals surface area contributed by atoms with Crippen LogP contribution in [0.2, 0.25) is 0 Å². The van der Waals surface area contributed by atoms with Crippen molar-refractivity contribution in [1.29, 1.82) is 0 Å². The summed E-state index contributed by atoms with van der Waals surface area (Å²) in [6, 6.07) is 13.1. The van der Waals surface area contributed by atoms with E-state index >= 15 is 0 Å². The van der Waals surface area contributed by atoms with Gasteiger partial charge in [-0.2, -0.15) is 11.8 Å². The maximum Gasteiger partial charge on any atom is 0.230 e. The molecule has 2 aliphatic heterocycles. The molecular weight excluding hydrogens is 317 g/mol. The number of hydrogen-bond donors (Lipinski definition) is 2. The maximum atomic E-state index is 12.5. The van der Waals surface area contributed by atoms with Gasteiger partial charge in [0.05, 0.1) is 5.69 Å². The average molecular weight is 333 g/mol. The van der Waals surface area contributed by atoms with Gasteiger partial charge in [-0.1, -0.05) is 12.1 Å². The lowest BCUT2D eigenvalue weighted by Crippen LogP contribution is -2.12. The molecule has 2 N–H and O–H groups in total. The number of ether oxygens (including phenoxy) is 1. The van der Waals surface area contributed by atoms with Crippen molar-refractivity contribution in [2.75, 3.05) is 17.2 Å². The molecule has 22 heavy (non-hydrogen) atoms. The third-order valence-corrected chi connectivity index (χ3v) is 7.12. The number of fused-ring (bicyclic) bond motifs is 2. The lowest BCUT2D eigenvalue weighted by Gasteiger charge is -2.14. The summed E-state index contributed by atoms with van der Waals surface area (Å²) in [4.78, 5) is 10.3. The SMILES string of the molecule is O=P(O)(CC1CS1)c1ccc2c(c1)CNc1ccccc1O2. The van der Waals surface area contributed by atoms with Crippen molar-refractivity contribution in [3.8, 4) is 11.5 Å². The molecule has 2 aromatic carbocycles. The predicted molar refractivity (Wildman–Crippen MR) is 90.9 cm³/mol. The van der Waals surface area contributed by atoms with E-state index in [0.29, 0.717) is 23.3 Å². The molecule has 2 heterocycles. The van der Waals surface area contributed by atoms with Gasteiger partial charge in [0.1, 0.15) is 5.75 Å². The first-order chi connectivity index (χ1) is 10.6. The standard InChI is InChI=1S/C16H16NO3PS/c18-21(19,9-13-10-22-13)12-5-6-15-11(7-12)8-17-14-3-1-2-4-16(14)20-15/h1-7,13,17H,8-10H2,(H,18,19). The third-order valence-electron chi connectivity index (χ3n) is 3.88. The Bertz CT molecular complexity index is 776. The van der Waals surface area contributed by atoms with Crippen molar-refractivity contribution in [2.24, 2.45) is 0 Å². The summed E-state index contributed by atoms with van der Waals surface area (Å²) in [7, 11) is -3.28. The van der Waals surface area contributed by atoms with Crippen LogP contribution >= 0.6 is 19.1 Å². The molecule has 0 aromatic heterocycles. The highest BCUT2D eigenvalue weighted by molar-refractivity contribution is 8.07. The Labute approximate surface area is 133 Å². The highest BCUT2D eigenvalue weighted by Gasteiger charge is 2.33. The molecule has 1 fully saturated rings. The topological polar surface area (TPSA) is 58.6 Å². The van der Waals surface area contributed by atoms with Crippen LogP contribution in [0.4, 0.5) is 5.69 Å². The smallest absolute Gasteiger partial charge is 0.230 e. The molecule has 2 aromatic rings. The molecule has 2 unspecified atom stereocenters. The van der Waals surface area contributed by atoms with E-state index in [0.717, 1.165) is 28.5 Å². The van der Waals surface area contributed by atoms with Crippen LogP contribution in [0.25, 0.3) is 0 Å². The molecular formula is C16H16NO3PS. The van der Waals surface area contributed by atoms with Gasteiger partial charge in [-0.15, -0.1) is 0 Å². The second-order valence-corrected chi connectivity index (χ2v) is 9.20. The van der Waals surface area contributed by atoms with Gasteiger partial charge in [0.25, 0.3) is 0 Å². The largest absolute Gasteiger partial charge is 0.455 e. The van der Waals surface area contributed by atoms with Crippen LogP contribution in [0.1, 0.15) is 5.56 Å². The van der Waals surface area contributed by atoms with E-state index in [4.69, 9.17) is 4.74 Å². The minimum absolute atomic E-state index is 0.341. The van der Waals surface area contributed by atoms with Crippen LogP contribution in [-0.2, 0) is 11.1 Å². The molecule has 2 atom stereocenters. The molecule has 1 saturated heterocycles. The number of nitrogens with one attached hydrogen (secondary N) is 1. The van der Waals surface area contributed by atoms with Crippen molar-refractivity contribution in [1.82, 2.24) is 0 Å². The average Bonchev–Trinajstić information content (AvgIpc) is 3.31. The zero-order valence-corrected chi connectivity index (χ0v) is 13.6. The molecule has 114 valence electrons.